The van der Waals surface area contributed by atoms with Crippen molar-refractivity contribution in [3.8, 4) is 11.5 Å². The first-order chi connectivity index (χ1) is 10.3. The number of hydrogen-bond donors (Lipinski definition) is 1. The first-order valence-corrected chi connectivity index (χ1v) is 7.68. The van der Waals surface area contributed by atoms with Gasteiger partial charge < -0.3 is 14.6 Å². The number of nitrogens with zero attached hydrogens (tertiary/aromatic N) is 1. The van der Waals surface area contributed by atoms with Crippen LogP contribution in [0.4, 0.5) is 0 Å². The third-order valence-electron chi connectivity index (χ3n) is 3.08. The topological polar surface area (TPSA) is 68.7 Å². The van der Waals surface area contributed by atoms with Crippen LogP contribution in [-0.4, -0.2) is 23.2 Å². The molecule has 5 nitrogen and oxygen atoms in total. The van der Waals surface area contributed by atoms with Gasteiger partial charge >= 0.3 is 5.97 Å². The van der Waals surface area contributed by atoms with E-state index in [1.165, 1.54) is 19.2 Å². The highest BCUT2D eigenvalue weighted by atomic mass is 32.1. The maximum Gasteiger partial charge on any atom is 0.335 e. The second kappa shape index (κ2) is 6.36. The summed E-state index contributed by atoms with van der Waals surface area (Å²) in [6.07, 6.45) is 0. The predicted octanol–water partition coefficient (Wildman–Crippen LogP) is 3.73. The highest BCUT2D eigenvalue weighted by Crippen LogP contribution is 2.30. The maximum absolute atomic E-state index is 11.0. The normalized spacial score (nSPS) is 11.3. The monoisotopic (exact) mass is 321 g/mol. The van der Waals surface area contributed by atoms with Crippen LogP contribution in [0.5, 0.6) is 11.5 Å². The minimum Gasteiger partial charge on any atom is -0.493 e. The number of carbonyl (C=O) groups is 1. The third-order valence-corrected chi connectivity index (χ3v) is 3.90. The molecule has 118 valence electrons. The summed E-state index contributed by atoms with van der Waals surface area (Å²) in [5.41, 5.74) is 1.20. The fraction of sp³-hybridized carbons (Fsp3) is 0.375. The van der Waals surface area contributed by atoms with Crippen molar-refractivity contribution >= 4 is 17.3 Å². The van der Waals surface area contributed by atoms with Crippen LogP contribution in [0.25, 0.3) is 0 Å². The zero-order chi connectivity index (χ0) is 16.3. The van der Waals surface area contributed by atoms with Crippen LogP contribution >= 0.6 is 11.3 Å². The number of aromatic carboxylic acids is 1. The number of methoxy groups -OCH3 is 1. The third kappa shape index (κ3) is 3.76. The Morgan fingerprint density at radius 2 is 2.05 bits per heavy atom. The van der Waals surface area contributed by atoms with Crippen molar-refractivity contribution in [2.24, 2.45) is 0 Å². The van der Waals surface area contributed by atoms with E-state index < -0.39 is 5.97 Å². The highest BCUT2D eigenvalue weighted by molar-refractivity contribution is 7.09. The summed E-state index contributed by atoms with van der Waals surface area (Å²) in [4.78, 5) is 15.5. The number of rotatable bonds is 5. The van der Waals surface area contributed by atoms with E-state index in [1.54, 1.807) is 17.4 Å². The number of carboxylic acid groups (broad SMARTS) is 1. The first-order valence-electron chi connectivity index (χ1n) is 6.80. The Kier molecular flexibility index (Phi) is 4.71. The van der Waals surface area contributed by atoms with Gasteiger partial charge in [-0.3, -0.25) is 0 Å². The average molecular weight is 321 g/mol. The van der Waals surface area contributed by atoms with Crippen molar-refractivity contribution in [2.75, 3.05) is 7.11 Å². The number of ether oxygens (including phenoxy) is 2. The first kappa shape index (κ1) is 16.3. The summed E-state index contributed by atoms with van der Waals surface area (Å²) in [7, 11) is 1.48. The molecule has 1 aromatic heterocycles. The van der Waals surface area contributed by atoms with E-state index >= 15 is 0 Å². The number of hydrogen-bond acceptors (Lipinski definition) is 5. The van der Waals surface area contributed by atoms with E-state index in [9.17, 15) is 4.79 Å². The molecule has 0 radical (unpaired) electrons. The molecule has 0 bridgehead atoms. The van der Waals surface area contributed by atoms with Gasteiger partial charge in [0, 0.05) is 10.8 Å². The molecule has 0 atom stereocenters. The molecule has 0 fully saturated rings. The highest BCUT2D eigenvalue weighted by Gasteiger charge is 2.18. The van der Waals surface area contributed by atoms with Crippen LogP contribution in [-0.2, 0) is 12.0 Å². The van der Waals surface area contributed by atoms with Gasteiger partial charge in [-0.05, 0) is 18.2 Å². The zero-order valence-electron chi connectivity index (χ0n) is 13.0. The Morgan fingerprint density at radius 1 is 1.32 bits per heavy atom. The SMILES string of the molecule is COc1cc(C(=O)O)ccc1OCc1nc(C(C)(C)C)cs1. The molecule has 0 unspecified atom stereocenters. The van der Waals surface area contributed by atoms with Gasteiger partial charge in [0.25, 0.3) is 0 Å². The molecule has 0 spiro atoms. The molecule has 22 heavy (non-hydrogen) atoms. The standard InChI is InChI=1S/C16H19NO4S/c1-16(2,3)13-9-22-14(17-13)8-21-11-6-5-10(15(18)19)7-12(11)20-4/h5-7,9H,8H2,1-4H3,(H,18,19). The molecule has 2 rings (SSSR count). The fourth-order valence-corrected chi connectivity index (χ4v) is 2.71. The van der Waals surface area contributed by atoms with E-state index in [-0.39, 0.29) is 11.0 Å². The molecule has 2 aromatic rings. The van der Waals surface area contributed by atoms with E-state index in [2.05, 4.69) is 25.8 Å². The Bertz CT molecular complexity index is 673. The van der Waals surface area contributed by atoms with Crippen molar-refractivity contribution in [1.29, 1.82) is 0 Å². The van der Waals surface area contributed by atoms with Crippen LogP contribution in [0.2, 0.25) is 0 Å². The van der Waals surface area contributed by atoms with Crippen molar-refractivity contribution in [1.82, 2.24) is 4.98 Å². The second-order valence-electron chi connectivity index (χ2n) is 5.84. The van der Waals surface area contributed by atoms with Gasteiger partial charge in [0.2, 0.25) is 0 Å². The van der Waals surface area contributed by atoms with Crippen LogP contribution in [0, 0.1) is 0 Å². The summed E-state index contributed by atoms with van der Waals surface area (Å²) in [6, 6.07) is 4.53. The Hall–Kier alpha value is -2.08. The van der Waals surface area contributed by atoms with Crippen LogP contribution in [0.3, 0.4) is 0 Å². The van der Waals surface area contributed by atoms with Gasteiger partial charge in [-0.25, -0.2) is 9.78 Å². The smallest absolute Gasteiger partial charge is 0.335 e. The molecule has 0 amide bonds. The quantitative estimate of drug-likeness (QED) is 0.909. The molecule has 0 aliphatic rings. The second-order valence-corrected chi connectivity index (χ2v) is 6.78. The van der Waals surface area contributed by atoms with Gasteiger partial charge in [-0.15, -0.1) is 11.3 Å². The fourth-order valence-electron chi connectivity index (χ4n) is 1.78. The Morgan fingerprint density at radius 3 is 2.59 bits per heavy atom. The summed E-state index contributed by atoms with van der Waals surface area (Å²) < 4.78 is 10.9. The lowest BCUT2D eigenvalue weighted by Gasteiger charge is -2.14. The number of carboxylic acids is 1. The van der Waals surface area contributed by atoms with Crippen LogP contribution < -0.4 is 9.47 Å². The molecule has 0 aliphatic heterocycles. The molecule has 1 aromatic carbocycles. The zero-order valence-corrected chi connectivity index (χ0v) is 13.9. The van der Waals surface area contributed by atoms with Crippen LogP contribution in [0.1, 0.15) is 41.8 Å². The number of aromatic nitrogens is 1. The largest absolute Gasteiger partial charge is 0.493 e. The lowest BCUT2D eigenvalue weighted by Crippen LogP contribution is -2.11. The summed E-state index contributed by atoms with van der Waals surface area (Å²) in [6.45, 7) is 6.66. The minimum atomic E-state index is -1.00. The molecular weight excluding hydrogens is 302 g/mol. The van der Waals surface area contributed by atoms with Crippen LogP contribution in [0.15, 0.2) is 23.6 Å². The van der Waals surface area contributed by atoms with Gasteiger partial charge in [-0.2, -0.15) is 0 Å². The lowest BCUT2D eigenvalue weighted by molar-refractivity contribution is 0.0696. The molecule has 0 aliphatic carbocycles. The van der Waals surface area contributed by atoms with Gasteiger partial charge in [-0.1, -0.05) is 20.8 Å². The maximum atomic E-state index is 11.0. The molecule has 1 heterocycles. The van der Waals surface area contributed by atoms with Gasteiger partial charge in [0.05, 0.1) is 18.4 Å². The molecular formula is C16H19NO4S. The number of benzene rings is 1. The Labute approximate surface area is 133 Å². The van der Waals surface area contributed by atoms with Crippen molar-refractivity contribution in [3.63, 3.8) is 0 Å². The molecule has 6 heteroatoms. The van der Waals surface area contributed by atoms with Gasteiger partial charge in [0.15, 0.2) is 11.5 Å². The van der Waals surface area contributed by atoms with Crippen molar-refractivity contribution < 1.29 is 19.4 Å². The molecule has 1 N–H and O–H groups in total. The predicted molar refractivity (Wildman–Crippen MR) is 85.1 cm³/mol. The summed E-state index contributed by atoms with van der Waals surface area (Å²) >= 11 is 1.55. The lowest BCUT2D eigenvalue weighted by atomic mass is 9.93. The average Bonchev–Trinajstić information content (AvgIpc) is 2.93. The van der Waals surface area contributed by atoms with Crippen molar-refractivity contribution in [2.45, 2.75) is 32.8 Å². The van der Waals surface area contributed by atoms with Gasteiger partial charge in [0.1, 0.15) is 11.6 Å². The molecule has 0 saturated carbocycles. The molecule has 0 saturated heterocycles. The minimum absolute atomic E-state index is 0.00950. The van der Waals surface area contributed by atoms with E-state index in [1.807, 2.05) is 5.38 Å². The summed E-state index contributed by atoms with van der Waals surface area (Å²) in [5.74, 6) is -0.105. The van der Waals surface area contributed by atoms with E-state index in [0.29, 0.717) is 18.1 Å². The summed E-state index contributed by atoms with van der Waals surface area (Å²) in [5, 5.41) is 11.9. The Balaban J connectivity index is 2.11. The van der Waals surface area contributed by atoms with Crippen molar-refractivity contribution in [3.05, 3.63) is 39.8 Å². The van der Waals surface area contributed by atoms with E-state index in [4.69, 9.17) is 14.6 Å². The van der Waals surface area contributed by atoms with E-state index in [0.717, 1.165) is 10.7 Å². The number of thiazole rings is 1.